The van der Waals surface area contributed by atoms with E-state index in [4.69, 9.17) is 4.74 Å². The average Bonchev–Trinajstić information content (AvgIpc) is 3.29. The smallest absolute Gasteiger partial charge is 0.327 e. The highest BCUT2D eigenvalue weighted by Crippen LogP contribution is 2.29. The topological polar surface area (TPSA) is 133 Å². The maximum Gasteiger partial charge on any atom is 0.327 e. The van der Waals surface area contributed by atoms with Gasteiger partial charge in [0.05, 0.1) is 6.10 Å². The van der Waals surface area contributed by atoms with Crippen LogP contribution in [-0.2, 0) is 0 Å². The molecule has 1 aliphatic rings. The van der Waals surface area contributed by atoms with Crippen LogP contribution < -0.4 is 21.3 Å². The maximum absolute atomic E-state index is 13.7. The van der Waals surface area contributed by atoms with Crippen LogP contribution in [0.4, 0.5) is 0 Å². The fourth-order valence-corrected chi connectivity index (χ4v) is 4.66. The molecule has 5 rings (SSSR count). The number of H-pyrrole nitrogens is 3. The number of nitrogens with zero attached hydrogens (tertiary/aromatic N) is 1. The van der Waals surface area contributed by atoms with Gasteiger partial charge >= 0.3 is 5.69 Å². The number of ketones is 1. The number of benzene rings is 2. The number of aromatic nitrogens is 4. The van der Waals surface area contributed by atoms with Gasteiger partial charge in [0.2, 0.25) is 0 Å². The predicted molar refractivity (Wildman–Crippen MR) is 139 cm³/mol. The number of Topliss-reactive ketones (excluding diaryl/α,β-unsaturated/α-hetero) is 1. The molecule has 0 aliphatic carbocycles. The number of piperidine rings is 1. The van der Waals surface area contributed by atoms with Crippen LogP contribution in [0, 0.1) is 5.92 Å². The van der Waals surface area contributed by atoms with E-state index in [-0.39, 0.29) is 41.3 Å². The normalized spacial score (nSPS) is 15.7. The van der Waals surface area contributed by atoms with Gasteiger partial charge in [0, 0.05) is 5.56 Å². The summed E-state index contributed by atoms with van der Waals surface area (Å²) in [6, 6.07) is 16.3. The number of carbonyl (C=O) groups excluding carboxylic acids is 1. The molecular formula is C26H28ClN5O4. The van der Waals surface area contributed by atoms with Gasteiger partial charge in [-0.1, -0.05) is 30.3 Å². The van der Waals surface area contributed by atoms with E-state index in [1.54, 1.807) is 12.1 Å². The molecule has 4 aromatic rings. The molecule has 0 spiro atoms. The van der Waals surface area contributed by atoms with Crippen LogP contribution in [0.1, 0.15) is 47.4 Å². The molecule has 0 saturated carbocycles. The molecule has 4 N–H and O–H groups in total. The van der Waals surface area contributed by atoms with Crippen molar-refractivity contribution in [2.24, 2.45) is 5.92 Å². The van der Waals surface area contributed by atoms with Crippen molar-refractivity contribution in [3.8, 4) is 5.75 Å². The number of hydrogen-bond acceptors (Lipinski definition) is 6. The average molecular weight is 510 g/mol. The summed E-state index contributed by atoms with van der Waals surface area (Å²) >= 11 is 0. The van der Waals surface area contributed by atoms with Crippen molar-refractivity contribution in [3.63, 3.8) is 0 Å². The first-order chi connectivity index (χ1) is 17.0. The number of aromatic amines is 3. The molecule has 0 amide bonds. The van der Waals surface area contributed by atoms with E-state index in [2.05, 4.69) is 32.2 Å². The quantitative estimate of drug-likeness (QED) is 0.283. The van der Waals surface area contributed by atoms with E-state index in [9.17, 15) is 14.4 Å². The fourth-order valence-electron chi connectivity index (χ4n) is 4.66. The Balaban J connectivity index is 0.00000304. The van der Waals surface area contributed by atoms with Gasteiger partial charge in [-0.05, 0) is 68.6 Å². The minimum absolute atomic E-state index is 0. The predicted octanol–water partition coefficient (Wildman–Crippen LogP) is 3.14. The summed E-state index contributed by atoms with van der Waals surface area (Å²) in [6.45, 7) is 4.11. The van der Waals surface area contributed by atoms with Crippen molar-refractivity contribution in [2.45, 2.75) is 31.8 Å². The highest BCUT2D eigenvalue weighted by atomic mass is 35.5. The first-order valence-corrected chi connectivity index (χ1v) is 11.8. The zero-order valence-electron chi connectivity index (χ0n) is 19.7. The molecule has 1 saturated heterocycles. The Hall–Kier alpha value is -3.69. The number of nitrogens with one attached hydrogen (secondary N) is 4. The van der Waals surface area contributed by atoms with Gasteiger partial charge in [-0.2, -0.15) is 0 Å². The van der Waals surface area contributed by atoms with Crippen LogP contribution in [0.25, 0.3) is 11.2 Å². The molecule has 3 heterocycles. The number of hydrogen-bond donors (Lipinski definition) is 4. The molecule has 1 aliphatic heterocycles. The Morgan fingerprint density at radius 2 is 1.67 bits per heavy atom. The molecule has 2 aromatic heterocycles. The van der Waals surface area contributed by atoms with Crippen molar-refractivity contribution in [1.82, 2.24) is 25.3 Å². The molecule has 2 unspecified atom stereocenters. The monoisotopic (exact) mass is 509 g/mol. The molecule has 2 aromatic carbocycles. The lowest BCUT2D eigenvalue weighted by Crippen LogP contribution is -2.35. The van der Waals surface area contributed by atoms with E-state index in [0.29, 0.717) is 11.5 Å². The van der Waals surface area contributed by atoms with Crippen LogP contribution in [0.3, 0.4) is 0 Å². The summed E-state index contributed by atoms with van der Waals surface area (Å²) in [5.74, 6) is 0.529. The third kappa shape index (κ3) is 5.27. The number of carbonyl (C=O) groups is 1. The second-order valence-corrected chi connectivity index (χ2v) is 8.90. The van der Waals surface area contributed by atoms with E-state index in [1.165, 1.54) is 0 Å². The Kier molecular flexibility index (Phi) is 7.71. The van der Waals surface area contributed by atoms with E-state index < -0.39 is 17.2 Å². The van der Waals surface area contributed by atoms with Gasteiger partial charge in [-0.15, -0.1) is 12.4 Å². The second kappa shape index (κ2) is 10.9. The minimum atomic E-state index is -0.785. The highest BCUT2D eigenvalue weighted by Gasteiger charge is 2.28. The Bertz CT molecular complexity index is 1440. The molecule has 9 nitrogen and oxygen atoms in total. The van der Waals surface area contributed by atoms with Gasteiger partial charge < -0.3 is 15.0 Å². The molecule has 188 valence electrons. The Morgan fingerprint density at radius 1 is 0.972 bits per heavy atom. The largest absolute Gasteiger partial charge is 0.490 e. The van der Waals surface area contributed by atoms with Gasteiger partial charge in [-0.25, -0.2) is 9.78 Å². The summed E-state index contributed by atoms with van der Waals surface area (Å²) in [6.07, 6.45) is 2.26. The molecule has 2 atom stereocenters. The number of ether oxygens (including phenoxy) is 1. The number of fused-ring (bicyclic) bond motifs is 1. The van der Waals surface area contributed by atoms with Crippen molar-refractivity contribution in [2.75, 3.05) is 13.1 Å². The first kappa shape index (κ1) is 25.4. The molecule has 36 heavy (non-hydrogen) atoms. The standard InChI is InChI=1S/C26H27N5O4.ClH/c1-15(16-11-13-27-14-12-16)35-19-9-7-18(8-10-19)22(32)20(17-5-3-2-4-6-17)23-28-21-24(29-23)30-26(34)31-25(21)33;/h2-10,15-16,20,27H,11-14H2,1H3,(H3,28,29,30,31,33,34);1H. The Labute approximate surface area is 213 Å². The van der Waals surface area contributed by atoms with Crippen LogP contribution in [-0.4, -0.2) is 44.9 Å². The zero-order chi connectivity index (χ0) is 24.4. The third-order valence-corrected chi connectivity index (χ3v) is 6.59. The van der Waals surface area contributed by atoms with Gasteiger partial charge in [-0.3, -0.25) is 19.6 Å². The number of rotatable bonds is 7. The highest BCUT2D eigenvalue weighted by molar-refractivity contribution is 6.03. The van der Waals surface area contributed by atoms with Crippen LogP contribution in [0.5, 0.6) is 5.75 Å². The van der Waals surface area contributed by atoms with Gasteiger partial charge in [0.25, 0.3) is 5.56 Å². The lowest BCUT2D eigenvalue weighted by Gasteiger charge is -2.28. The van der Waals surface area contributed by atoms with E-state index in [0.717, 1.165) is 37.2 Å². The summed E-state index contributed by atoms with van der Waals surface area (Å²) in [5.41, 5.74) is 0.185. The second-order valence-electron chi connectivity index (χ2n) is 8.90. The van der Waals surface area contributed by atoms with E-state index >= 15 is 0 Å². The molecule has 1 fully saturated rings. The van der Waals surface area contributed by atoms with Crippen LogP contribution >= 0.6 is 12.4 Å². The number of halogens is 1. The SMILES string of the molecule is CC(Oc1ccc(C(=O)C(c2ccccc2)c2nc3[nH]c(=O)[nH]c(=O)c3[nH]2)cc1)C1CCNCC1.Cl. The summed E-state index contributed by atoms with van der Waals surface area (Å²) in [5, 5.41) is 3.37. The van der Waals surface area contributed by atoms with E-state index in [1.807, 2.05) is 42.5 Å². The van der Waals surface area contributed by atoms with Crippen LogP contribution in [0.2, 0.25) is 0 Å². The molecular weight excluding hydrogens is 482 g/mol. The molecule has 10 heteroatoms. The summed E-state index contributed by atoms with van der Waals surface area (Å²) < 4.78 is 6.15. The molecule has 0 radical (unpaired) electrons. The minimum Gasteiger partial charge on any atom is -0.490 e. The zero-order valence-corrected chi connectivity index (χ0v) is 20.6. The van der Waals surface area contributed by atoms with Crippen LogP contribution in [0.15, 0.2) is 64.2 Å². The molecule has 0 bridgehead atoms. The lowest BCUT2D eigenvalue weighted by atomic mass is 9.90. The van der Waals surface area contributed by atoms with Crippen molar-refractivity contribution >= 4 is 29.4 Å². The fraction of sp³-hybridized carbons (Fsp3) is 0.308. The number of imidazole rings is 1. The maximum atomic E-state index is 13.7. The first-order valence-electron chi connectivity index (χ1n) is 11.8. The lowest BCUT2D eigenvalue weighted by molar-refractivity contribution is 0.0971. The van der Waals surface area contributed by atoms with Crippen molar-refractivity contribution < 1.29 is 9.53 Å². The van der Waals surface area contributed by atoms with Gasteiger partial charge in [0.15, 0.2) is 11.4 Å². The van der Waals surface area contributed by atoms with Crippen molar-refractivity contribution in [3.05, 3.63) is 92.4 Å². The Morgan fingerprint density at radius 3 is 2.36 bits per heavy atom. The summed E-state index contributed by atoms with van der Waals surface area (Å²) in [4.78, 5) is 49.6. The van der Waals surface area contributed by atoms with Crippen molar-refractivity contribution in [1.29, 1.82) is 0 Å². The third-order valence-electron chi connectivity index (χ3n) is 6.59. The summed E-state index contributed by atoms with van der Waals surface area (Å²) in [7, 11) is 0. The van der Waals surface area contributed by atoms with Gasteiger partial charge in [0.1, 0.15) is 23.0 Å².